The summed E-state index contributed by atoms with van der Waals surface area (Å²) in [7, 11) is 0. The van der Waals surface area contributed by atoms with Crippen molar-refractivity contribution in [2.24, 2.45) is 5.10 Å². The Hall–Kier alpha value is -3.33. The molecule has 0 bridgehead atoms. The maximum atomic E-state index is 11.9. The van der Waals surface area contributed by atoms with E-state index in [1.807, 2.05) is 0 Å². The van der Waals surface area contributed by atoms with Gasteiger partial charge in [0.2, 0.25) is 0 Å². The van der Waals surface area contributed by atoms with E-state index < -0.39 is 15.8 Å². The van der Waals surface area contributed by atoms with Gasteiger partial charge in [-0.3, -0.25) is 25.0 Å². The number of halogens is 1. The Morgan fingerprint density at radius 1 is 1.12 bits per heavy atom. The summed E-state index contributed by atoms with van der Waals surface area (Å²) in [6.07, 6.45) is 1.07. The number of rotatable bonds is 5. The van der Waals surface area contributed by atoms with Crippen LogP contribution in [-0.2, 0) is 0 Å². The molecule has 0 aliphatic carbocycles. The average molecular weight is 349 g/mol. The number of nitrogens with one attached hydrogen (secondary N) is 1. The van der Waals surface area contributed by atoms with E-state index in [0.717, 1.165) is 12.3 Å². The normalized spacial score (nSPS) is 10.5. The van der Waals surface area contributed by atoms with Gasteiger partial charge in [0.1, 0.15) is 0 Å². The standard InChI is InChI=1S/C14H9ClN4O5/c15-11-4-5-13(19(23)24)10(6-11)8-16-17-14(20)9-2-1-3-12(7-9)18(21)22/h1-8H,(H,17,20). The Morgan fingerprint density at radius 2 is 1.88 bits per heavy atom. The van der Waals surface area contributed by atoms with Gasteiger partial charge in [0.05, 0.1) is 21.6 Å². The van der Waals surface area contributed by atoms with E-state index in [9.17, 15) is 25.0 Å². The number of nitro benzene ring substituents is 2. The van der Waals surface area contributed by atoms with Crippen LogP contribution >= 0.6 is 11.6 Å². The fourth-order valence-corrected chi connectivity index (χ4v) is 1.96. The van der Waals surface area contributed by atoms with Crippen LogP contribution in [0.2, 0.25) is 5.02 Å². The summed E-state index contributed by atoms with van der Waals surface area (Å²) in [5, 5.41) is 25.5. The van der Waals surface area contributed by atoms with Crippen molar-refractivity contribution >= 4 is 35.1 Å². The first kappa shape index (κ1) is 17.0. The Bertz CT molecular complexity index is 853. The van der Waals surface area contributed by atoms with Gasteiger partial charge in [0.15, 0.2) is 0 Å². The van der Waals surface area contributed by atoms with Crippen molar-refractivity contribution in [2.75, 3.05) is 0 Å². The van der Waals surface area contributed by atoms with Crippen LogP contribution in [0.25, 0.3) is 0 Å². The number of carbonyl (C=O) groups excluding carboxylic acids is 1. The number of benzene rings is 2. The minimum atomic E-state index is -0.695. The summed E-state index contributed by atoms with van der Waals surface area (Å²) in [6, 6.07) is 8.97. The molecule has 122 valence electrons. The molecule has 10 heteroatoms. The lowest BCUT2D eigenvalue weighted by molar-refractivity contribution is -0.385. The maximum Gasteiger partial charge on any atom is 0.278 e. The van der Waals surface area contributed by atoms with Crippen molar-refractivity contribution < 1.29 is 14.6 Å². The molecule has 0 aliphatic heterocycles. The van der Waals surface area contributed by atoms with Crippen molar-refractivity contribution in [2.45, 2.75) is 0 Å². The molecule has 0 saturated carbocycles. The second-order valence-electron chi connectivity index (χ2n) is 4.47. The molecule has 0 heterocycles. The number of nitro groups is 2. The molecule has 9 nitrogen and oxygen atoms in total. The molecule has 0 atom stereocenters. The van der Waals surface area contributed by atoms with Gasteiger partial charge < -0.3 is 0 Å². The molecule has 1 N–H and O–H groups in total. The molecule has 0 spiro atoms. The predicted octanol–water partition coefficient (Wildman–Crippen LogP) is 2.92. The van der Waals surface area contributed by atoms with E-state index in [2.05, 4.69) is 10.5 Å². The van der Waals surface area contributed by atoms with Gasteiger partial charge in [0, 0.05) is 28.8 Å². The first-order chi connectivity index (χ1) is 11.4. The lowest BCUT2D eigenvalue weighted by Gasteiger charge is -2.00. The Morgan fingerprint density at radius 3 is 2.54 bits per heavy atom. The topological polar surface area (TPSA) is 128 Å². The van der Waals surface area contributed by atoms with E-state index >= 15 is 0 Å². The Kier molecular flexibility index (Phi) is 5.17. The highest BCUT2D eigenvalue weighted by Gasteiger charge is 2.13. The summed E-state index contributed by atoms with van der Waals surface area (Å²) in [4.78, 5) is 32.2. The highest BCUT2D eigenvalue weighted by Crippen LogP contribution is 2.21. The first-order valence-electron chi connectivity index (χ1n) is 6.40. The molecule has 0 aliphatic rings. The number of hydrazone groups is 1. The smallest absolute Gasteiger partial charge is 0.267 e. The SMILES string of the molecule is O=C(NN=Cc1cc(Cl)ccc1[N+](=O)[O-])c1cccc([N+](=O)[O-])c1. The second-order valence-corrected chi connectivity index (χ2v) is 4.90. The summed E-state index contributed by atoms with van der Waals surface area (Å²) in [5.41, 5.74) is 1.81. The van der Waals surface area contributed by atoms with Gasteiger partial charge in [0.25, 0.3) is 17.3 Å². The van der Waals surface area contributed by atoms with Crippen LogP contribution in [0.3, 0.4) is 0 Å². The number of hydrogen-bond donors (Lipinski definition) is 1. The summed E-state index contributed by atoms with van der Waals surface area (Å²) in [6.45, 7) is 0. The van der Waals surface area contributed by atoms with Gasteiger partial charge >= 0.3 is 0 Å². The molecule has 24 heavy (non-hydrogen) atoms. The van der Waals surface area contributed by atoms with Gasteiger partial charge in [-0.25, -0.2) is 5.43 Å². The predicted molar refractivity (Wildman–Crippen MR) is 86.3 cm³/mol. The minimum Gasteiger partial charge on any atom is -0.267 e. The van der Waals surface area contributed by atoms with Gasteiger partial charge in [-0.2, -0.15) is 5.10 Å². The molecule has 0 saturated heterocycles. The van der Waals surface area contributed by atoms with E-state index in [1.165, 1.54) is 36.4 Å². The van der Waals surface area contributed by atoms with Crippen LogP contribution in [0.5, 0.6) is 0 Å². The van der Waals surface area contributed by atoms with E-state index in [1.54, 1.807) is 0 Å². The second kappa shape index (κ2) is 7.29. The first-order valence-corrected chi connectivity index (χ1v) is 6.78. The number of carbonyl (C=O) groups is 1. The van der Waals surface area contributed by atoms with Crippen molar-refractivity contribution in [3.63, 3.8) is 0 Å². The van der Waals surface area contributed by atoms with Gasteiger partial charge in [-0.1, -0.05) is 17.7 Å². The zero-order valence-corrected chi connectivity index (χ0v) is 12.6. The fraction of sp³-hybridized carbons (Fsp3) is 0. The average Bonchev–Trinajstić information content (AvgIpc) is 2.54. The molecule has 0 radical (unpaired) electrons. The number of amides is 1. The third-order valence-electron chi connectivity index (χ3n) is 2.88. The van der Waals surface area contributed by atoms with Crippen molar-refractivity contribution in [3.8, 4) is 0 Å². The van der Waals surface area contributed by atoms with E-state index in [-0.39, 0.29) is 27.5 Å². The van der Waals surface area contributed by atoms with Crippen LogP contribution in [0.15, 0.2) is 47.6 Å². The zero-order valence-electron chi connectivity index (χ0n) is 11.9. The quantitative estimate of drug-likeness (QED) is 0.504. The Labute approximate surface area is 139 Å². The Balaban J connectivity index is 2.16. The molecule has 2 aromatic carbocycles. The third-order valence-corrected chi connectivity index (χ3v) is 3.11. The van der Waals surface area contributed by atoms with Crippen molar-refractivity contribution in [1.82, 2.24) is 5.43 Å². The highest BCUT2D eigenvalue weighted by atomic mass is 35.5. The van der Waals surface area contributed by atoms with Crippen molar-refractivity contribution in [1.29, 1.82) is 0 Å². The molecular formula is C14H9ClN4O5. The fourth-order valence-electron chi connectivity index (χ4n) is 1.78. The molecule has 0 fully saturated rings. The monoisotopic (exact) mass is 348 g/mol. The molecule has 2 rings (SSSR count). The molecule has 0 unspecified atom stereocenters. The molecule has 0 aromatic heterocycles. The summed E-state index contributed by atoms with van der Waals surface area (Å²) >= 11 is 5.77. The van der Waals surface area contributed by atoms with Crippen LogP contribution in [0.4, 0.5) is 11.4 Å². The maximum absolute atomic E-state index is 11.9. The number of hydrogen-bond acceptors (Lipinski definition) is 6. The zero-order chi connectivity index (χ0) is 17.7. The van der Waals surface area contributed by atoms with E-state index in [0.29, 0.717) is 0 Å². The lowest BCUT2D eigenvalue weighted by atomic mass is 10.2. The van der Waals surface area contributed by atoms with Crippen LogP contribution in [0, 0.1) is 20.2 Å². The largest absolute Gasteiger partial charge is 0.278 e. The van der Waals surface area contributed by atoms with Crippen LogP contribution in [0.1, 0.15) is 15.9 Å². The number of non-ortho nitro benzene ring substituents is 1. The number of nitrogens with zero attached hydrogens (tertiary/aromatic N) is 3. The third kappa shape index (κ3) is 4.11. The summed E-state index contributed by atoms with van der Waals surface area (Å²) in [5.74, 6) is -0.695. The lowest BCUT2D eigenvalue weighted by Crippen LogP contribution is -2.17. The molecular weight excluding hydrogens is 340 g/mol. The van der Waals surface area contributed by atoms with Gasteiger partial charge in [-0.05, 0) is 18.2 Å². The van der Waals surface area contributed by atoms with E-state index in [4.69, 9.17) is 11.6 Å². The summed E-state index contributed by atoms with van der Waals surface area (Å²) < 4.78 is 0. The van der Waals surface area contributed by atoms with Crippen LogP contribution in [-0.4, -0.2) is 22.0 Å². The minimum absolute atomic E-state index is 0.0296. The molecule has 2 aromatic rings. The van der Waals surface area contributed by atoms with Gasteiger partial charge in [-0.15, -0.1) is 0 Å². The van der Waals surface area contributed by atoms with Crippen molar-refractivity contribution in [3.05, 3.63) is 78.8 Å². The molecule has 1 amide bonds. The van der Waals surface area contributed by atoms with Crippen LogP contribution < -0.4 is 5.43 Å². The highest BCUT2D eigenvalue weighted by molar-refractivity contribution is 6.31.